The van der Waals surface area contributed by atoms with Crippen molar-refractivity contribution in [2.75, 3.05) is 70.7 Å². The molecule has 0 aliphatic rings. The second kappa shape index (κ2) is 25.8. The highest BCUT2D eigenvalue weighted by Crippen LogP contribution is 2.26. The lowest BCUT2D eigenvalue weighted by molar-refractivity contribution is -0.143. The zero-order chi connectivity index (χ0) is 41.3. The fraction of sp³-hybridized carbons (Fsp3) is 0.459. The molecule has 3 aromatic rings. The summed E-state index contributed by atoms with van der Waals surface area (Å²) in [6.45, 7) is 0.846. The van der Waals surface area contributed by atoms with E-state index in [2.05, 4.69) is 25.3 Å². The van der Waals surface area contributed by atoms with Crippen LogP contribution in [0.1, 0.15) is 54.4 Å². The molecule has 2 amide bonds. The zero-order valence-corrected chi connectivity index (χ0v) is 32.1. The highest BCUT2D eigenvalue weighted by molar-refractivity contribution is 7.92. The Labute approximate surface area is 329 Å². The second-order valence-electron chi connectivity index (χ2n) is 12.2. The fourth-order valence-corrected chi connectivity index (χ4v) is 5.80. The summed E-state index contributed by atoms with van der Waals surface area (Å²) in [6.07, 6.45) is 6.86. The number of halogens is 1. The fourth-order valence-electron chi connectivity index (χ4n) is 4.84. The van der Waals surface area contributed by atoms with Gasteiger partial charge < -0.3 is 44.5 Å². The Morgan fingerprint density at radius 1 is 0.684 bits per heavy atom. The Morgan fingerprint density at radius 3 is 1.95 bits per heavy atom. The molecule has 312 valence electrons. The summed E-state index contributed by atoms with van der Waals surface area (Å²) in [7, 11) is -4.10. The van der Waals surface area contributed by atoms with Crippen molar-refractivity contribution < 1.29 is 65.9 Å². The van der Waals surface area contributed by atoms with Crippen molar-refractivity contribution >= 4 is 39.7 Å². The molecule has 1 aromatic heterocycles. The lowest BCUT2D eigenvalue weighted by Gasteiger charge is -2.11. The molecule has 0 unspecified atom stereocenters. The average molecular weight is 822 g/mol. The van der Waals surface area contributed by atoms with E-state index in [-0.39, 0.29) is 93.9 Å². The van der Waals surface area contributed by atoms with Crippen molar-refractivity contribution in [1.29, 1.82) is 0 Å². The van der Waals surface area contributed by atoms with E-state index < -0.39 is 34.5 Å². The van der Waals surface area contributed by atoms with E-state index in [1.54, 1.807) is 6.07 Å². The summed E-state index contributed by atoms with van der Waals surface area (Å²) in [5.74, 6) is -2.62. The number of anilines is 1. The lowest BCUT2D eigenvalue weighted by Crippen LogP contribution is -2.31. The monoisotopic (exact) mass is 821 g/mol. The SMILES string of the molecule is O=C(O)CCCCCCCc1cc(Oc2ccc(S(=O)(=O)Nc3ncc(C(=O)NCCOCCOCC(=O)NCCOCCOCC(=O)O)cn3)cc2)ccc1F. The van der Waals surface area contributed by atoms with E-state index >= 15 is 0 Å². The number of aromatic nitrogens is 2. The van der Waals surface area contributed by atoms with Crippen LogP contribution in [0, 0.1) is 5.82 Å². The molecule has 0 bridgehead atoms. The van der Waals surface area contributed by atoms with Gasteiger partial charge in [-0.3, -0.25) is 14.4 Å². The average Bonchev–Trinajstić information content (AvgIpc) is 3.17. The van der Waals surface area contributed by atoms with Gasteiger partial charge in [0.1, 0.15) is 30.5 Å². The maximum absolute atomic E-state index is 14.4. The minimum atomic E-state index is -4.10. The van der Waals surface area contributed by atoms with Crippen LogP contribution in [0.2, 0.25) is 0 Å². The number of aryl methyl sites for hydroxylation is 1. The van der Waals surface area contributed by atoms with Gasteiger partial charge in [-0.2, -0.15) is 0 Å². The number of unbranched alkanes of at least 4 members (excludes halogenated alkanes) is 4. The molecule has 1 heterocycles. The van der Waals surface area contributed by atoms with Crippen LogP contribution in [-0.4, -0.2) is 118 Å². The molecule has 0 aliphatic carbocycles. The van der Waals surface area contributed by atoms with Gasteiger partial charge in [-0.15, -0.1) is 0 Å². The van der Waals surface area contributed by atoms with Crippen LogP contribution < -0.4 is 20.1 Å². The predicted molar refractivity (Wildman–Crippen MR) is 201 cm³/mol. The number of ether oxygens (including phenoxy) is 5. The van der Waals surface area contributed by atoms with Crippen molar-refractivity contribution in [3.8, 4) is 11.5 Å². The molecule has 2 aromatic carbocycles. The Hall–Kier alpha value is -5.28. The summed E-state index contributed by atoms with van der Waals surface area (Å²) < 4.78 is 69.0. The van der Waals surface area contributed by atoms with Crippen LogP contribution in [0.4, 0.5) is 10.3 Å². The van der Waals surface area contributed by atoms with E-state index in [1.807, 2.05) is 0 Å². The third kappa shape index (κ3) is 19.4. The summed E-state index contributed by atoms with van der Waals surface area (Å²) in [5, 5.41) is 22.4. The summed E-state index contributed by atoms with van der Waals surface area (Å²) >= 11 is 0. The molecular formula is C37H48FN5O13S. The van der Waals surface area contributed by atoms with Crippen molar-refractivity contribution in [2.24, 2.45) is 0 Å². The number of benzene rings is 2. The Bertz CT molecular complexity index is 1820. The minimum absolute atomic E-state index is 0.0858. The lowest BCUT2D eigenvalue weighted by atomic mass is 10.0. The Morgan fingerprint density at radius 2 is 1.28 bits per heavy atom. The zero-order valence-electron chi connectivity index (χ0n) is 31.3. The standard InChI is InChI=1S/C37H48FN5O13S/c38-32-13-10-30(22-27(32)6-4-2-1-3-5-7-34(45)46)56-29-8-11-31(12-9-29)57(50,51)43-37-41-23-28(24-42-37)36(49)40-15-17-53-18-20-54-25-33(44)39-14-16-52-19-21-55-26-35(47)48/h8-13,22-24H,1-7,14-21,25-26H2,(H,39,44)(H,40,49)(H,45,46)(H,47,48)(H,41,42,43). The number of carbonyl (C=O) groups is 4. The van der Waals surface area contributed by atoms with Crippen LogP contribution in [0.5, 0.6) is 11.5 Å². The minimum Gasteiger partial charge on any atom is -0.481 e. The maximum Gasteiger partial charge on any atom is 0.329 e. The third-order valence-corrected chi connectivity index (χ3v) is 9.01. The predicted octanol–water partition coefficient (Wildman–Crippen LogP) is 3.17. The van der Waals surface area contributed by atoms with Gasteiger partial charge in [0.05, 0.1) is 50.1 Å². The van der Waals surface area contributed by atoms with Gasteiger partial charge in [-0.25, -0.2) is 32.3 Å². The highest BCUT2D eigenvalue weighted by Gasteiger charge is 2.17. The molecule has 18 nitrogen and oxygen atoms in total. The van der Waals surface area contributed by atoms with Crippen LogP contribution in [-0.2, 0) is 49.8 Å². The van der Waals surface area contributed by atoms with Crippen molar-refractivity contribution in [1.82, 2.24) is 20.6 Å². The van der Waals surface area contributed by atoms with E-state index in [9.17, 15) is 32.0 Å². The molecular weight excluding hydrogens is 773 g/mol. The quantitative estimate of drug-likeness (QED) is 0.0606. The van der Waals surface area contributed by atoms with Crippen LogP contribution >= 0.6 is 0 Å². The number of amides is 2. The molecule has 3 rings (SSSR count). The third-order valence-electron chi connectivity index (χ3n) is 7.67. The number of nitrogens with one attached hydrogen (secondary N) is 3. The van der Waals surface area contributed by atoms with Crippen molar-refractivity contribution in [2.45, 2.75) is 49.8 Å². The molecule has 0 aliphatic heterocycles. The molecule has 0 atom stereocenters. The van der Waals surface area contributed by atoms with E-state index in [1.165, 1.54) is 48.8 Å². The van der Waals surface area contributed by atoms with E-state index in [0.717, 1.165) is 25.7 Å². The summed E-state index contributed by atoms with van der Waals surface area (Å²) in [6, 6.07) is 9.95. The van der Waals surface area contributed by atoms with Crippen molar-refractivity contribution in [3.05, 3.63) is 71.8 Å². The number of hydrogen-bond acceptors (Lipinski definition) is 13. The van der Waals surface area contributed by atoms with Crippen LogP contribution in [0.25, 0.3) is 0 Å². The molecule has 0 spiro atoms. The first-order valence-electron chi connectivity index (χ1n) is 18.1. The number of carbonyl (C=O) groups excluding carboxylic acids is 2. The van der Waals surface area contributed by atoms with Crippen LogP contribution in [0.3, 0.4) is 0 Å². The van der Waals surface area contributed by atoms with Gasteiger partial charge in [0.25, 0.3) is 15.9 Å². The van der Waals surface area contributed by atoms with Crippen LogP contribution in [0.15, 0.2) is 59.8 Å². The number of aliphatic carboxylic acids is 2. The number of nitrogens with zero attached hydrogens (tertiary/aromatic N) is 2. The van der Waals surface area contributed by atoms with E-state index in [4.69, 9.17) is 33.9 Å². The van der Waals surface area contributed by atoms with Gasteiger partial charge in [0, 0.05) is 31.9 Å². The van der Waals surface area contributed by atoms with Gasteiger partial charge in [0.2, 0.25) is 11.9 Å². The van der Waals surface area contributed by atoms with Crippen molar-refractivity contribution in [3.63, 3.8) is 0 Å². The van der Waals surface area contributed by atoms with Gasteiger partial charge in [-0.1, -0.05) is 19.3 Å². The number of carboxylic acids is 2. The molecule has 0 saturated heterocycles. The second-order valence-corrected chi connectivity index (χ2v) is 13.9. The molecule has 20 heteroatoms. The first kappa shape index (κ1) is 46.1. The normalized spacial score (nSPS) is 11.2. The summed E-state index contributed by atoms with van der Waals surface area (Å²) in [4.78, 5) is 52.9. The molecule has 0 radical (unpaired) electrons. The number of rotatable bonds is 30. The summed E-state index contributed by atoms with van der Waals surface area (Å²) in [5.41, 5.74) is 0.572. The number of sulfonamides is 1. The van der Waals surface area contributed by atoms with E-state index in [0.29, 0.717) is 29.9 Å². The molecule has 0 fully saturated rings. The Kier molecular flexibility index (Phi) is 20.9. The Balaban J connectivity index is 1.30. The van der Waals surface area contributed by atoms with Gasteiger partial charge >= 0.3 is 11.9 Å². The molecule has 5 N–H and O–H groups in total. The topological polar surface area (TPSA) is 251 Å². The first-order valence-corrected chi connectivity index (χ1v) is 19.6. The number of carboxylic acid groups (broad SMARTS) is 2. The highest BCUT2D eigenvalue weighted by atomic mass is 32.2. The molecule has 57 heavy (non-hydrogen) atoms. The first-order chi connectivity index (χ1) is 27.4. The molecule has 0 saturated carbocycles. The number of hydrogen-bond donors (Lipinski definition) is 5. The largest absolute Gasteiger partial charge is 0.481 e. The smallest absolute Gasteiger partial charge is 0.329 e. The van der Waals surface area contributed by atoms with Gasteiger partial charge in [0.15, 0.2) is 0 Å². The maximum atomic E-state index is 14.4. The van der Waals surface area contributed by atoms with Gasteiger partial charge in [-0.05, 0) is 67.3 Å².